The summed E-state index contributed by atoms with van der Waals surface area (Å²) in [6, 6.07) is 69.0. The smallest absolute Gasteiger partial charge is 0.161 e. The third-order valence-electron chi connectivity index (χ3n) is 9.97. The van der Waals surface area contributed by atoms with Gasteiger partial charge in [0.25, 0.3) is 0 Å². The number of para-hydroxylation sites is 5. The fourth-order valence-electron chi connectivity index (χ4n) is 7.62. The molecule has 8 aromatic carbocycles. The van der Waals surface area contributed by atoms with Crippen LogP contribution in [0.25, 0.3) is 71.7 Å². The molecular weight excluding hydrogens is 621 g/mol. The van der Waals surface area contributed by atoms with Gasteiger partial charge in [0.05, 0.1) is 11.2 Å². The van der Waals surface area contributed by atoms with Gasteiger partial charge in [-0.15, -0.1) is 0 Å². The summed E-state index contributed by atoms with van der Waals surface area (Å²) in [5, 5.41) is 4.68. The maximum absolute atomic E-state index is 6.96. The molecule has 10 rings (SSSR count). The van der Waals surface area contributed by atoms with Crippen LogP contribution < -0.4 is 4.90 Å². The van der Waals surface area contributed by atoms with Crippen LogP contribution in [0, 0.1) is 0 Å². The van der Waals surface area contributed by atoms with Gasteiger partial charge >= 0.3 is 0 Å². The monoisotopic (exact) mass is 652 g/mol. The Morgan fingerprint density at radius 1 is 0.412 bits per heavy atom. The second kappa shape index (κ2) is 11.9. The maximum Gasteiger partial charge on any atom is 0.161 e. The first-order valence-corrected chi connectivity index (χ1v) is 17.4. The lowest BCUT2D eigenvalue weighted by Crippen LogP contribution is -2.11. The Balaban J connectivity index is 1.15. The highest BCUT2D eigenvalue weighted by molar-refractivity contribution is 6.19. The van der Waals surface area contributed by atoms with Gasteiger partial charge in [0, 0.05) is 39.0 Å². The number of nitrogens with zero attached hydrogens (tertiary/aromatic N) is 2. The van der Waals surface area contributed by atoms with E-state index in [-0.39, 0.29) is 0 Å². The molecule has 0 saturated carbocycles. The van der Waals surface area contributed by atoms with Gasteiger partial charge in [-0.1, -0.05) is 127 Å². The Morgan fingerprint density at radius 2 is 1.04 bits per heavy atom. The average Bonchev–Trinajstić information content (AvgIpc) is 3.74. The molecule has 0 N–H and O–H groups in total. The summed E-state index contributed by atoms with van der Waals surface area (Å²) < 4.78 is 9.29. The minimum atomic E-state index is 0.880. The molecule has 0 amide bonds. The Labute approximate surface area is 295 Å². The topological polar surface area (TPSA) is 21.3 Å². The highest BCUT2D eigenvalue weighted by atomic mass is 16.3. The molecule has 0 unspecified atom stereocenters. The van der Waals surface area contributed by atoms with Crippen molar-refractivity contribution in [2.75, 3.05) is 4.90 Å². The van der Waals surface area contributed by atoms with Crippen LogP contribution in [0.4, 0.5) is 17.1 Å². The standard InChI is InChI=1S/C48H32N2O/c1-3-16-37(17-4-1)49(39-30-28-34(29-31-39)36-27-26-33-14-7-8-15-35(33)32-36)44-24-11-9-20-40(44)41-22-13-23-43-46-48(51-47(41)43)42-21-10-12-25-45(42)50(46)38-18-5-2-6-19-38/h1-32H. The van der Waals surface area contributed by atoms with Gasteiger partial charge in [-0.25, -0.2) is 0 Å². The number of benzene rings is 8. The van der Waals surface area contributed by atoms with E-state index in [1.165, 1.54) is 21.9 Å². The van der Waals surface area contributed by atoms with Crippen LogP contribution in [0.3, 0.4) is 0 Å². The first-order valence-electron chi connectivity index (χ1n) is 17.4. The number of hydrogen-bond acceptors (Lipinski definition) is 2. The molecule has 10 aromatic rings. The lowest BCUT2D eigenvalue weighted by Gasteiger charge is -2.28. The highest BCUT2D eigenvalue weighted by Crippen LogP contribution is 2.46. The van der Waals surface area contributed by atoms with Gasteiger partial charge in [0.2, 0.25) is 0 Å². The van der Waals surface area contributed by atoms with Crippen LogP contribution in [-0.2, 0) is 0 Å². The largest absolute Gasteiger partial charge is 0.453 e. The zero-order chi connectivity index (χ0) is 33.7. The number of fused-ring (bicyclic) bond motifs is 6. The summed E-state index contributed by atoms with van der Waals surface area (Å²) in [4.78, 5) is 2.35. The minimum Gasteiger partial charge on any atom is -0.453 e. The van der Waals surface area contributed by atoms with Crippen molar-refractivity contribution in [3.05, 3.63) is 194 Å². The maximum atomic E-state index is 6.96. The van der Waals surface area contributed by atoms with Crippen LogP contribution in [0.5, 0.6) is 0 Å². The average molecular weight is 653 g/mol. The van der Waals surface area contributed by atoms with Gasteiger partial charge in [0.1, 0.15) is 11.1 Å². The van der Waals surface area contributed by atoms with Crippen molar-refractivity contribution in [2.24, 2.45) is 0 Å². The highest BCUT2D eigenvalue weighted by Gasteiger charge is 2.23. The van der Waals surface area contributed by atoms with Crippen LogP contribution >= 0.6 is 0 Å². The SMILES string of the molecule is c1ccc(N(c2ccc(-c3ccc4ccccc4c3)cc2)c2ccccc2-c2cccc3c2oc2c4ccccc4n(-c4ccccc4)c32)cc1. The summed E-state index contributed by atoms with van der Waals surface area (Å²) in [6.45, 7) is 0. The van der Waals surface area contributed by atoms with Crippen LogP contribution in [0.1, 0.15) is 0 Å². The van der Waals surface area contributed by atoms with Gasteiger partial charge in [-0.2, -0.15) is 0 Å². The third-order valence-corrected chi connectivity index (χ3v) is 9.97. The van der Waals surface area contributed by atoms with Crippen molar-refractivity contribution in [1.29, 1.82) is 0 Å². The van der Waals surface area contributed by atoms with Crippen molar-refractivity contribution < 1.29 is 4.42 Å². The van der Waals surface area contributed by atoms with E-state index >= 15 is 0 Å². The van der Waals surface area contributed by atoms with Crippen LogP contribution in [0.15, 0.2) is 199 Å². The molecule has 3 heteroatoms. The van der Waals surface area contributed by atoms with E-state index in [0.717, 1.165) is 66.8 Å². The van der Waals surface area contributed by atoms with E-state index in [1.54, 1.807) is 0 Å². The molecule has 0 saturated heterocycles. The van der Waals surface area contributed by atoms with E-state index in [0.29, 0.717) is 0 Å². The molecule has 0 aliphatic carbocycles. The second-order valence-corrected chi connectivity index (χ2v) is 12.9. The van der Waals surface area contributed by atoms with Gasteiger partial charge in [-0.05, 0) is 88.6 Å². The predicted molar refractivity (Wildman–Crippen MR) is 214 cm³/mol. The molecular formula is C48H32N2O. The Hall–Kier alpha value is -6.84. The molecule has 0 atom stereocenters. The fourth-order valence-corrected chi connectivity index (χ4v) is 7.62. The number of furan rings is 1. The molecule has 0 spiro atoms. The summed E-state index contributed by atoms with van der Waals surface area (Å²) in [5.41, 5.74) is 12.9. The van der Waals surface area contributed by atoms with Crippen LogP contribution in [0.2, 0.25) is 0 Å². The van der Waals surface area contributed by atoms with Crippen molar-refractivity contribution in [3.8, 4) is 27.9 Å². The number of rotatable bonds is 6. The van der Waals surface area contributed by atoms with E-state index < -0.39 is 0 Å². The molecule has 0 aliphatic heterocycles. The van der Waals surface area contributed by atoms with Crippen molar-refractivity contribution in [1.82, 2.24) is 4.57 Å². The van der Waals surface area contributed by atoms with Crippen molar-refractivity contribution >= 4 is 60.8 Å². The molecule has 51 heavy (non-hydrogen) atoms. The Bertz CT molecular complexity index is 2850. The van der Waals surface area contributed by atoms with E-state index in [1.807, 2.05) is 0 Å². The molecule has 240 valence electrons. The normalized spacial score (nSPS) is 11.5. The fraction of sp³-hybridized carbons (Fsp3) is 0. The molecule has 0 aliphatic rings. The zero-order valence-electron chi connectivity index (χ0n) is 27.8. The number of aromatic nitrogens is 1. The van der Waals surface area contributed by atoms with Gasteiger partial charge in [-0.3, -0.25) is 0 Å². The van der Waals surface area contributed by atoms with E-state index in [4.69, 9.17) is 4.42 Å². The minimum absolute atomic E-state index is 0.880. The lowest BCUT2D eigenvalue weighted by molar-refractivity contribution is 0.674. The summed E-state index contributed by atoms with van der Waals surface area (Å²) in [5.74, 6) is 0. The quantitative estimate of drug-likeness (QED) is 0.178. The zero-order valence-corrected chi connectivity index (χ0v) is 27.8. The summed E-state index contributed by atoms with van der Waals surface area (Å²) in [7, 11) is 0. The van der Waals surface area contributed by atoms with Gasteiger partial charge in [0.15, 0.2) is 5.58 Å². The number of anilines is 3. The molecule has 2 aromatic heterocycles. The lowest BCUT2D eigenvalue weighted by atomic mass is 9.99. The van der Waals surface area contributed by atoms with Gasteiger partial charge < -0.3 is 13.9 Å². The summed E-state index contributed by atoms with van der Waals surface area (Å²) in [6.07, 6.45) is 0. The first kappa shape index (κ1) is 29.1. The third kappa shape index (κ3) is 4.82. The second-order valence-electron chi connectivity index (χ2n) is 12.9. The molecule has 3 nitrogen and oxygen atoms in total. The molecule has 0 fully saturated rings. The van der Waals surface area contributed by atoms with E-state index in [2.05, 4.69) is 204 Å². The first-order chi connectivity index (χ1) is 25.3. The van der Waals surface area contributed by atoms with Crippen molar-refractivity contribution in [2.45, 2.75) is 0 Å². The number of hydrogen-bond donors (Lipinski definition) is 0. The van der Waals surface area contributed by atoms with Crippen LogP contribution in [-0.4, -0.2) is 4.57 Å². The summed E-state index contributed by atoms with van der Waals surface area (Å²) >= 11 is 0. The Kier molecular flexibility index (Phi) is 6.81. The van der Waals surface area contributed by atoms with Crippen molar-refractivity contribution in [3.63, 3.8) is 0 Å². The van der Waals surface area contributed by atoms with E-state index in [9.17, 15) is 0 Å². The molecule has 0 radical (unpaired) electrons. The molecule has 2 heterocycles. The Morgan fingerprint density at radius 3 is 1.88 bits per heavy atom. The molecule has 0 bridgehead atoms. The predicted octanol–water partition coefficient (Wildman–Crippen LogP) is 13.5.